The standard InChI is InChI=1S/C15H17NO4/c1-4-8-16-14(17)10-19-15(18)12(3)20-13-7-5-6-11(2)9-13/h1,5-7,9,12H,8,10H2,2-3H3,(H,16,17)/t12-/m1/s1. The Kier molecular flexibility index (Phi) is 6.11. The molecule has 0 aromatic heterocycles. The highest BCUT2D eigenvalue weighted by Crippen LogP contribution is 2.14. The summed E-state index contributed by atoms with van der Waals surface area (Å²) in [7, 11) is 0. The molecule has 1 aromatic rings. The van der Waals surface area contributed by atoms with Crippen LogP contribution < -0.4 is 10.1 Å². The van der Waals surface area contributed by atoms with Crippen molar-refractivity contribution in [2.24, 2.45) is 0 Å². The van der Waals surface area contributed by atoms with Gasteiger partial charge in [0.25, 0.3) is 5.91 Å². The predicted octanol–water partition coefficient (Wildman–Crippen LogP) is 1.05. The molecule has 0 aliphatic rings. The maximum atomic E-state index is 11.6. The van der Waals surface area contributed by atoms with Crippen molar-refractivity contribution >= 4 is 11.9 Å². The van der Waals surface area contributed by atoms with Gasteiger partial charge in [0.15, 0.2) is 12.7 Å². The predicted molar refractivity (Wildman–Crippen MR) is 74.1 cm³/mol. The van der Waals surface area contributed by atoms with Crippen molar-refractivity contribution in [3.8, 4) is 18.1 Å². The van der Waals surface area contributed by atoms with Crippen LogP contribution in [0.25, 0.3) is 0 Å². The second kappa shape index (κ2) is 7.85. The maximum absolute atomic E-state index is 11.6. The summed E-state index contributed by atoms with van der Waals surface area (Å²) in [6.07, 6.45) is 4.19. The Hall–Kier alpha value is -2.48. The van der Waals surface area contributed by atoms with Crippen LogP contribution in [0.2, 0.25) is 0 Å². The summed E-state index contributed by atoms with van der Waals surface area (Å²) in [5, 5.41) is 2.39. The Morgan fingerprint density at radius 1 is 1.45 bits per heavy atom. The molecule has 106 valence electrons. The van der Waals surface area contributed by atoms with E-state index in [1.54, 1.807) is 13.0 Å². The van der Waals surface area contributed by atoms with Gasteiger partial charge >= 0.3 is 5.97 Å². The average Bonchev–Trinajstić information content (AvgIpc) is 2.42. The third-order valence-corrected chi connectivity index (χ3v) is 2.37. The van der Waals surface area contributed by atoms with Crippen LogP contribution in [0.4, 0.5) is 0 Å². The van der Waals surface area contributed by atoms with Gasteiger partial charge in [0.05, 0.1) is 6.54 Å². The molecule has 5 nitrogen and oxygen atoms in total. The summed E-state index contributed by atoms with van der Waals surface area (Å²) in [6.45, 7) is 3.21. The zero-order valence-corrected chi connectivity index (χ0v) is 11.5. The van der Waals surface area contributed by atoms with E-state index in [4.69, 9.17) is 15.9 Å². The monoisotopic (exact) mass is 275 g/mol. The number of ether oxygens (including phenoxy) is 2. The van der Waals surface area contributed by atoms with E-state index in [1.807, 2.05) is 25.1 Å². The molecule has 1 N–H and O–H groups in total. The number of carbonyl (C=O) groups is 2. The first kappa shape index (κ1) is 15.6. The van der Waals surface area contributed by atoms with E-state index in [0.717, 1.165) is 5.56 Å². The van der Waals surface area contributed by atoms with Gasteiger partial charge in [0.1, 0.15) is 5.75 Å². The number of hydrogen-bond acceptors (Lipinski definition) is 4. The number of hydrogen-bond donors (Lipinski definition) is 1. The van der Waals surface area contributed by atoms with Crippen molar-refractivity contribution < 1.29 is 19.1 Å². The summed E-state index contributed by atoms with van der Waals surface area (Å²) < 4.78 is 10.3. The molecule has 0 spiro atoms. The highest BCUT2D eigenvalue weighted by Gasteiger charge is 2.17. The molecule has 20 heavy (non-hydrogen) atoms. The number of nitrogens with one attached hydrogen (secondary N) is 1. The van der Waals surface area contributed by atoms with Gasteiger partial charge in [-0.2, -0.15) is 0 Å². The second-order valence-corrected chi connectivity index (χ2v) is 4.17. The lowest BCUT2D eigenvalue weighted by Gasteiger charge is -2.14. The fraction of sp³-hybridized carbons (Fsp3) is 0.333. The molecule has 5 heteroatoms. The van der Waals surface area contributed by atoms with Gasteiger partial charge in [-0.1, -0.05) is 18.1 Å². The van der Waals surface area contributed by atoms with Gasteiger partial charge in [-0.15, -0.1) is 6.42 Å². The summed E-state index contributed by atoms with van der Waals surface area (Å²) in [4.78, 5) is 22.9. The Morgan fingerprint density at radius 3 is 2.85 bits per heavy atom. The average molecular weight is 275 g/mol. The molecular formula is C15H17NO4. The maximum Gasteiger partial charge on any atom is 0.347 e. The molecule has 0 saturated carbocycles. The van der Waals surface area contributed by atoms with Crippen molar-refractivity contribution in [2.45, 2.75) is 20.0 Å². The lowest BCUT2D eigenvalue weighted by atomic mass is 10.2. The zero-order valence-electron chi connectivity index (χ0n) is 11.5. The SMILES string of the molecule is C#CCNC(=O)COC(=O)[C@@H](C)Oc1cccc(C)c1. The summed E-state index contributed by atoms with van der Waals surface area (Å²) in [5.74, 6) is 1.77. The molecule has 0 aliphatic carbocycles. The Bertz CT molecular complexity index is 519. The van der Waals surface area contributed by atoms with Crippen molar-refractivity contribution in [3.63, 3.8) is 0 Å². The molecule has 0 saturated heterocycles. The van der Waals surface area contributed by atoms with E-state index < -0.39 is 18.0 Å². The molecule has 0 bridgehead atoms. The number of aryl methyl sites for hydroxylation is 1. The molecule has 1 amide bonds. The van der Waals surface area contributed by atoms with Gasteiger partial charge in [0.2, 0.25) is 0 Å². The first-order valence-corrected chi connectivity index (χ1v) is 6.13. The topological polar surface area (TPSA) is 64.6 Å². The first-order valence-electron chi connectivity index (χ1n) is 6.13. The van der Waals surface area contributed by atoms with Crippen LogP contribution in [-0.4, -0.2) is 31.1 Å². The lowest BCUT2D eigenvalue weighted by molar-refractivity contribution is -0.154. The van der Waals surface area contributed by atoms with Gasteiger partial charge < -0.3 is 14.8 Å². The summed E-state index contributed by atoms with van der Waals surface area (Å²) in [6, 6.07) is 7.31. The fourth-order valence-electron chi connectivity index (χ4n) is 1.40. The summed E-state index contributed by atoms with van der Waals surface area (Å²) in [5.41, 5.74) is 1.02. The van der Waals surface area contributed by atoms with Crippen LogP contribution >= 0.6 is 0 Å². The Balaban J connectivity index is 2.40. The first-order chi connectivity index (χ1) is 9.52. The number of amides is 1. The minimum absolute atomic E-state index is 0.103. The van der Waals surface area contributed by atoms with E-state index in [0.29, 0.717) is 5.75 Å². The van der Waals surface area contributed by atoms with E-state index in [2.05, 4.69) is 11.2 Å². The minimum Gasteiger partial charge on any atom is -0.479 e. The van der Waals surface area contributed by atoms with Crippen LogP contribution in [0.15, 0.2) is 24.3 Å². The quantitative estimate of drug-likeness (QED) is 0.622. The van der Waals surface area contributed by atoms with Crippen molar-refractivity contribution in [1.29, 1.82) is 0 Å². The van der Waals surface area contributed by atoms with Gasteiger partial charge in [-0.25, -0.2) is 4.79 Å². The van der Waals surface area contributed by atoms with E-state index in [9.17, 15) is 9.59 Å². The minimum atomic E-state index is -0.794. The van der Waals surface area contributed by atoms with Crippen LogP contribution in [0, 0.1) is 19.3 Å². The molecule has 0 aliphatic heterocycles. The van der Waals surface area contributed by atoms with Gasteiger partial charge in [0, 0.05) is 0 Å². The lowest BCUT2D eigenvalue weighted by Crippen LogP contribution is -2.33. The van der Waals surface area contributed by atoms with E-state index >= 15 is 0 Å². The highest BCUT2D eigenvalue weighted by atomic mass is 16.6. The normalized spacial score (nSPS) is 11.1. The zero-order chi connectivity index (χ0) is 15.0. The molecular weight excluding hydrogens is 258 g/mol. The van der Waals surface area contributed by atoms with Crippen LogP contribution in [0.5, 0.6) is 5.75 Å². The number of carbonyl (C=O) groups excluding carboxylic acids is 2. The van der Waals surface area contributed by atoms with Gasteiger partial charge in [-0.05, 0) is 31.5 Å². The molecule has 1 aromatic carbocycles. The highest BCUT2D eigenvalue weighted by molar-refractivity contribution is 5.82. The second-order valence-electron chi connectivity index (χ2n) is 4.17. The van der Waals surface area contributed by atoms with Crippen LogP contribution in [0.1, 0.15) is 12.5 Å². The smallest absolute Gasteiger partial charge is 0.347 e. The Labute approximate surface area is 118 Å². The number of benzene rings is 1. The van der Waals surface area contributed by atoms with Crippen molar-refractivity contribution in [1.82, 2.24) is 5.32 Å². The van der Waals surface area contributed by atoms with Crippen LogP contribution in [-0.2, 0) is 14.3 Å². The molecule has 0 unspecified atom stereocenters. The third kappa shape index (κ3) is 5.44. The number of terminal acetylenes is 1. The number of esters is 1. The van der Waals surface area contributed by atoms with Crippen molar-refractivity contribution in [2.75, 3.05) is 13.2 Å². The largest absolute Gasteiger partial charge is 0.479 e. The fourth-order valence-corrected chi connectivity index (χ4v) is 1.40. The van der Waals surface area contributed by atoms with E-state index in [-0.39, 0.29) is 13.2 Å². The molecule has 0 heterocycles. The molecule has 1 atom stereocenters. The molecule has 1 rings (SSSR count). The number of rotatable bonds is 6. The van der Waals surface area contributed by atoms with Gasteiger partial charge in [-0.3, -0.25) is 4.79 Å². The summed E-state index contributed by atoms with van der Waals surface area (Å²) >= 11 is 0. The van der Waals surface area contributed by atoms with Crippen LogP contribution in [0.3, 0.4) is 0 Å². The third-order valence-electron chi connectivity index (χ3n) is 2.37. The van der Waals surface area contributed by atoms with E-state index in [1.165, 1.54) is 0 Å². The molecule has 0 fully saturated rings. The molecule has 0 radical (unpaired) electrons. The van der Waals surface area contributed by atoms with Crippen molar-refractivity contribution in [3.05, 3.63) is 29.8 Å². The Morgan fingerprint density at radius 2 is 2.20 bits per heavy atom.